The summed E-state index contributed by atoms with van der Waals surface area (Å²) < 4.78 is 67.4. The smallest absolute Gasteiger partial charge is 0.230 e. The van der Waals surface area contributed by atoms with Crippen LogP contribution < -0.4 is 0 Å². The Morgan fingerprint density at radius 1 is 0.684 bits per heavy atom. The van der Waals surface area contributed by atoms with Crippen LogP contribution in [0.2, 0.25) is 0 Å². The molecule has 0 fully saturated rings. The molecule has 0 radical (unpaired) electrons. The zero-order valence-corrected chi connectivity index (χ0v) is 24.0. The van der Waals surface area contributed by atoms with E-state index >= 15 is 4.39 Å². The van der Waals surface area contributed by atoms with E-state index in [-0.39, 0.29) is 52.7 Å². The summed E-state index contributed by atoms with van der Waals surface area (Å²) >= 11 is 0. The molecule has 38 heavy (non-hydrogen) atoms. The molecule has 0 aliphatic carbocycles. The summed E-state index contributed by atoms with van der Waals surface area (Å²) in [6.45, 7) is 16.5. The average molecular weight is 557 g/mol. The molecule has 0 saturated carbocycles. The third-order valence-electron chi connectivity index (χ3n) is 5.92. The van der Waals surface area contributed by atoms with Gasteiger partial charge in [-0.25, -0.2) is 8.78 Å². The highest BCUT2D eigenvalue weighted by Gasteiger charge is 2.44. The minimum atomic E-state index is -2.16. The molecule has 0 rings (SSSR count). The van der Waals surface area contributed by atoms with Crippen LogP contribution in [-0.4, -0.2) is 105 Å². The maximum atomic E-state index is 15.5. The molecule has 4 unspecified atom stereocenters. The number of hydrogen-bond acceptors (Lipinski definition) is 9. The summed E-state index contributed by atoms with van der Waals surface area (Å²) in [6, 6.07) is 0. The number of rotatable bonds is 25. The molecule has 4 atom stereocenters. The SMILES string of the molecule is C=COCC(O)COCCOC(C)(F)COC(C)(C)C(C)(F)CCOC(C)(C)CCOCC(O)COC=C. The molecular formula is C27H50F2O9. The van der Waals surface area contributed by atoms with E-state index in [1.165, 1.54) is 26.4 Å². The fourth-order valence-corrected chi connectivity index (χ4v) is 2.92. The summed E-state index contributed by atoms with van der Waals surface area (Å²) in [5.41, 5.74) is -3.72. The van der Waals surface area contributed by atoms with Crippen molar-refractivity contribution in [2.45, 2.75) is 89.3 Å². The van der Waals surface area contributed by atoms with Gasteiger partial charge in [0.15, 0.2) is 0 Å². The molecule has 11 heteroatoms. The summed E-state index contributed by atoms with van der Waals surface area (Å²) in [7, 11) is 0. The number of halogens is 2. The van der Waals surface area contributed by atoms with Crippen molar-refractivity contribution in [3.05, 3.63) is 25.7 Å². The van der Waals surface area contributed by atoms with Crippen LogP contribution in [0.5, 0.6) is 0 Å². The average Bonchev–Trinajstić information content (AvgIpc) is 2.82. The van der Waals surface area contributed by atoms with Gasteiger partial charge in [0, 0.05) is 13.0 Å². The number of ether oxygens (including phenoxy) is 7. The molecule has 0 aromatic rings. The zero-order chi connectivity index (χ0) is 29.3. The van der Waals surface area contributed by atoms with Crippen molar-refractivity contribution in [2.24, 2.45) is 0 Å². The van der Waals surface area contributed by atoms with E-state index < -0.39 is 41.5 Å². The summed E-state index contributed by atoms with van der Waals surface area (Å²) in [6.07, 6.45) is 1.45. The Morgan fingerprint density at radius 2 is 1.21 bits per heavy atom. The second kappa shape index (κ2) is 18.1. The van der Waals surface area contributed by atoms with Crippen molar-refractivity contribution in [2.75, 3.05) is 59.5 Å². The molecule has 0 aliphatic heterocycles. The van der Waals surface area contributed by atoms with Crippen LogP contribution in [0.25, 0.3) is 0 Å². The molecule has 0 spiro atoms. The van der Waals surface area contributed by atoms with E-state index in [9.17, 15) is 14.6 Å². The van der Waals surface area contributed by atoms with Crippen LogP contribution in [0, 0.1) is 0 Å². The topological polar surface area (TPSA) is 105 Å². The van der Waals surface area contributed by atoms with Gasteiger partial charge in [0.2, 0.25) is 5.85 Å². The molecule has 0 bridgehead atoms. The zero-order valence-electron chi connectivity index (χ0n) is 24.0. The lowest BCUT2D eigenvalue weighted by atomic mass is 9.86. The predicted octanol–water partition coefficient (Wildman–Crippen LogP) is 3.86. The van der Waals surface area contributed by atoms with Crippen molar-refractivity contribution in [1.82, 2.24) is 0 Å². The molecular weight excluding hydrogens is 506 g/mol. The van der Waals surface area contributed by atoms with E-state index in [1.807, 2.05) is 13.8 Å². The van der Waals surface area contributed by atoms with Crippen LogP contribution >= 0.6 is 0 Å². The monoisotopic (exact) mass is 556 g/mol. The normalized spacial score (nSPS) is 17.2. The van der Waals surface area contributed by atoms with E-state index in [2.05, 4.69) is 13.2 Å². The molecule has 9 nitrogen and oxygen atoms in total. The largest absolute Gasteiger partial charge is 0.499 e. The van der Waals surface area contributed by atoms with Crippen LogP contribution in [0.4, 0.5) is 8.78 Å². The third kappa shape index (κ3) is 17.3. The number of alkyl halides is 2. The Hall–Kier alpha value is -1.34. The number of hydrogen-bond donors (Lipinski definition) is 2. The molecule has 0 aliphatic rings. The van der Waals surface area contributed by atoms with Crippen molar-refractivity contribution < 1.29 is 52.2 Å². The maximum absolute atomic E-state index is 15.5. The first-order valence-corrected chi connectivity index (χ1v) is 12.8. The summed E-state index contributed by atoms with van der Waals surface area (Å²) in [5.74, 6) is -2.16. The Morgan fingerprint density at radius 3 is 1.74 bits per heavy atom. The first-order chi connectivity index (χ1) is 17.6. The fourth-order valence-electron chi connectivity index (χ4n) is 2.92. The first-order valence-electron chi connectivity index (χ1n) is 12.8. The van der Waals surface area contributed by atoms with Crippen LogP contribution in [-0.2, 0) is 33.2 Å². The Bertz CT molecular complexity index is 642. The lowest BCUT2D eigenvalue weighted by Crippen LogP contribution is -2.49. The van der Waals surface area contributed by atoms with Crippen molar-refractivity contribution >= 4 is 0 Å². The molecule has 0 amide bonds. The number of aliphatic hydroxyl groups excluding tert-OH is 2. The molecule has 0 saturated heterocycles. The van der Waals surface area contributed by atoms with Crippen molar-refractivity contribution in [3.8, 4) is 0 Å². The summed E-state index contributed by atoms with van der Waals surface area (Å²) in [5, 5.41) is 19.3. The first kappa shape index (κ1) is 36.7. The van der Waals surface area contributed by atoms with Gasteiger partial charge in [-0.3, -0.25) is 0 Å². The predicted molar refractivity (Wildman–Crippen MR) is 140 cm³/mol. The van der Waals surface area contributed by atoms with Crippen molar-refractivity contribution in [1.29, 1.82) is 0 Å². The highest BCUT2D eigenvalue weighted by Crippen LogP contribution is 2.34. The standard InChI is InChI=1S/C27H50F2O9/c1-9-32-17-22(30)19-34-13-11-24(3,4)36-14-12-26(7,28)25(5,6)38-21-27(8,29)37-16-15-35-20-23(31)18-33-10-2/h9-10,22-23,30-31H,1-2,11-21H2,3-8H3. The van der Waals surface area contributed by atoms with Gasteiger partial charge in [0.25, 0.3) is 0 Å². The molecule has 2 N–H and O–H groups in total. The minimum Gasteiger partial charge on any atom is -0.499 e. The molecule has 0 heterocycles. The van der Waals surface area contributed by atoms with Gasteiger partial charge < -0.3 is 43.4 Å². The fraction of sp³-hybridized carbons (Fsp3) is 0.852. The third-order valence-corrected chi connectivity index (χ3v) is 5.92. The molecule has 0 aromatic carbocycles. The lowest BCUT2D eigenvalue weighted by molar-refractivity contribution is -0.221. The van der Waals surface area contributed by atoms with Gasteiger partial charge in [0.1, 0.15) is 37.7 Å². The Labute approximate surface area is 227 Å². The van der Waals surface area contributed by atoms with Crippen LogP contribution in [0.1, 0.15) is 54.4 Å². The molecule has 226 valence electrons. The van der Waals surface area contributed by atoms with Crippen molar-refractivity contribution in [3.63, 3.8) is 0 Å². The van der Waals surface area contributed by atoms with Gasteiger partial charge >= 0.3 is 0 Å². The van der Waals surface area contributed by atoms with Crippen LogP contribution in [0.3, 0.4) is 0 Å². The van der Waals surface area contributed by atoms with E-state index in [1.54, 1.807) is 13.8 Å². The highest BCUT2D eigenvalue weighted by atomic mass is 19.2. The number of aliphatic hydroxyl groups is 2. The van der Waals surface area contributed by atoms with Crippen LogP contribution in [0.15, 0.2) is 25.7 Å². The Balaban J connectivity index is 4.36. The summed E-state index contributed by atoms with van der Waals surface area (Å²) in [4.78, 5) is 0. The van der Waals surface area contributed by atoms with E-state index in [0.29, 0.717) is 13.0 Å². The molecule has 0 aromatic heterocycles. The second-order valence-corrected chi connectivity index (χ2v) is 10.5. The van der Waals surface area contributed by atoms with Gasteiger partial charge in [0.05, 0.1) is 56.8 Å². The quantitative estimate of drug-likeness (QED) is 0.128. The van der Waals surface area contributed by atoms with E-state index in [4.69, 9.17) is 33.2 Å². The van der Waals surface area contributed by atoms with E-state index in [0.717, 1.165) is 0 Å². The van der Waals surface area contributed by atoms with Gasteiger partial charge in [-0.1, -0.05) is 13.2 Å². The van der Waals surface area contributed by atoms with Gasteiger partial charge in [-0.15, -0.1) is 0 Å². The highest BCUT2D eigenvalue weighted by molar-refractivity contribution is 4.92. The second-order valence-electron chi connectivity index (χ2n) is 10.5. The lowest BCUT2D eigenvalue weighted by Gasteiger charge is -2.39. The van der Waals surface area contributed by atoms with Gasteiger partial charge in [-0.05, 0) is 48.0 Å². The minimum absolute atomic E-state index is 0.00446. The maximum Gasteiger partial charge on any atom is 0.230 e. The van der Waals surface area contributed by atoms with Gasteiger partial charge in [-0.2, -0.15) is 0 Å². The Kier molecular flexibility index (Phi) is 17.5.